The van der Waals surface area contributed by atoms with Crippen LogP contribution in [0.5, 0.6) is 0 Å². The summed E-state index contributed by atoms with van der Waals surface area (Å²) in [5.74, 6) is -0.323. The number of carbonyl (C=O) groups excluding carboxylic acids is 2. The highest BCUT2D eigenvalue weighted by Gasteiger charge is 2.17. The molecule has 0 unspecified atom stereocenters. The normalized spacial score (nSPS) is 10.8. The first-order valence-electron chi connectivity index (χ1n) is 9.33. The average Bonchev–Trinajstić information content (AvgIpc) is 2.61. The molecule has 0 bridgehead atoms. The van der Waals surface area contributed by atoms with E-state index in [1.807, 2.05) is 6.92 Å². The molecule has 0 atom stereocenters. The minimum Gasteiger partial charge on any atom is -0.352 e. The van der Waals surface area contributed by atoms with Gasteiger partial charge in [-0.25, -0.2) is 0 Å². The molecule has 1 aromatic heterocycles. The highest BCUT2D eigenvalue weighted by atomic mass is 35.5. The number of amides is 2. The van der Waals surface area contributed by atoms with Crippen LogP contribution in [-0.4, -0.2) is 22.9 Å². The van der Waals surface area contributed by atoms with E-state index in [1.165, 1.54) is 6.07 Å². The van der Waals surface area contributed by atoms with Crippen LogP contribution in [0.4, 0.5) is 5.69 Å². The van der Waals surface area contributed by atoms with Gasteiger partial charge >= 0.3 is 0 Å². The minimum atomic E-state index is -0.497. The topological polar surface area (TPSA) is 80.2 Å². The third-order valence-electron chi connectivity index (χ3n) is 4.36. The largest absolute Gasteiger partial charge is 0.352 e. The second-order valence-electron chi connectivity index (χ2n) is 7.06. The maximum Gasteiger partial charge on any atom is 0.263 e. The van der Waals surface area contributed by atoms with Crippen LogP contribution >= 0.6 is 11.6 Å². The summed E-state index contributed by atoms with van der Waals surface area (Å²) in [6.07, 6.45) is 2.57. The molecular formula is C21H26ClN3O3. The summed E-state index contributed by atoms with van der Waals surface area (Å²) < 4.78 is 1.56. The molecule has 2 rings (SSSR count). The van der Waals surface area contributed by atoms with E-state index in [0.717, 1.165) is 6.42 Å². The number of rotatable bonds is 7. The maximum absolute atomic E-state index is 12.7. The summed E-state index contributed by atoms with van der Waals surface area (Å²) >= 11 is 6.17. The highest BCUT2D eigenvalue weighted by Crippen LogP contribution is 2.21. The van der Waals surface area contributed by atoms with Crippen molar-refractivity contribution in [3.8, 4) is 0 Å². The van der Waals surface area contributed by atoms with Gasteiger partial charge < -0.3 is 15.2 Å². The quantitative estimate of drug-likeness (QED) is 0.736. The number of pyridine rings is 1. The van der Waals surface area contributed by atoms with Crippen LogP contribution in [0.1, 0.15) is 53.5 Å². The van der Waals surface area contributed by atoms with Crippen molar-refractivity contribution in [1.29, 1.82) is 0 Å². The van der Waals surface area contributed by atoms with Crippen LogP contribution in [0, 0.1) is 12.8 Å². The first kappa shape index (κ1) is 21.7. The van der Waals surface area contributed by atoms with E-state index in [-0.39, 0.29) is 22.1 Å². The zero-order chi connectivity index (χ0) is 20.8. The summed E-state index contributed by atoms with van der Waals surface area (Å²) in [6, 6.07) is 6.40. The summed E-state index contributed by atoms with van der Waals surface area (Å²) in [7, 11) is 0. The van der Waals surface area contributed by atoms with Crippen molar-refractivity contribution in [2.75, 3.05) is 11.9 Å². The molecule has 0 saturated heterocycles. The molecule has 0 radical (unpaired) electrons. The van der Waals surface area contributed by atoms with Gasteiger partial charge in [-0.15, -0.1) is 0 Å². The minimum absolute atomic E-state index is 0.107. The molecule has 7 heteroatoms. The Labute approximate surface area is 169 Å². The second kappa shape index (κ2) is 9.55. The molecule has 1 heterocycles. The Hall–Kier alpha value is -2.60. The maximum atomic E-state index is 12.7. The van der Waals surface area contributed by atoms with E-state index in [1.54, 1.807) is 35.9 Å². The van der Waals surface area contributed by atoms with Gasteiger partial charge in [0.05, 0.1) is 10.6 Å². The third kappa shape index (κ3) is 5.23. The molecule has 150 valence electrons. The van der Waals surface area contributed by atoms with Gasteiger partial charge in [-0.1, -0.05) is 25.4 Å². The SMILES string of the molecule is CCNC(=O)c1ccc(NC(=O)c2c(C)ccn(CCC(C)C)c2=O)cc1Cl. The van der Waals surface area contributed by atoms with Crippen LogP contribution in [0.3, 0.4) is 0 Å². The first-order chi connectivity index (χ1) is 13.2. The summed E-state index contributed by atoms with van der Waals surface area (Å²) in [6.45, 7) is 8.76. The van der Waals surface area contributed by atoms with Crippen LogP contribution in [0.2, 0.25) is 5.02 Å². The van der Waals surface area contributed by atoms with Gasteiger partial charge in [0.25, 0.3) is 17.4 Å². The summed E-state index contributed by atoms with van der Waals surface area (Å²) in [5.41, 5.74) is 1.14. The van der Waals surface area contributed by atoms with Gasteiger partial charge in [0, 0.05) is 25.0 Å². The molecule has 2 amide bonds. The van der Waals surface area contributed by atoms with E-state index >= 15 is 0 Å². The first-order valence-corrected chi connectivity index (χ1v) is 9.71. The van der Waals surface area contributed by atoms with Gasteiger partial charge in [0.2, 0.25) is 0 Å². The predicted octanol–water partition coefficient (Wildman–Crippen LogP) is 3.86. The Kier molecular flexibility index (Phi) is 7.40. The lowest BCUT2D eigenvalue weighted by atomic mass is 10.1. The smallest absolute Gasteiger partial charge is 0.263 e. The number of hydrogen-bond acceptors (Lipinski definition) is 3. The fourth-order valence-electron chi connectivity index (χ4n) is 2.74. The molecule has 0 spiro atoms. The summed E-state index contributed by atoms with van der Waals surface area (Å²) in [4.78, 5) is 37.4. The second-order valence-corrected chi connectivity index (χ2v) is 7.47. The van der Waals surface area contributed by atoms with E-state index < -0.39 is 5.91 Å². The van der Waals surface area contributed by atoms with Gasteiger partial charge in [0.1, 0.15) is 5.56 Å². The lowest BCUT2D eigenvalue weighted by molar-refractivity contribution is 0.0955. The van der Waals surface area contributed by atoms with Crippen molar-refractivity contribution in [3.63, 3.8) is 0 Å². The van der Waals surface area contributed by atoms with Crippen LogP contribution in [-0.2, 0) is 6.54 Å². The Balaban J connectivity index is 2.25. The third-order valence-corrected chi connectivity index (χ3v) is 4.67. The van der Waals surface area contributed by atoms with Crippen LogP contribution in [0.15, 0.2) is 35.3 Å². The Morgan fingerprint density at radius 1 is 1.18 bits per heavy atom. The Bertz CT molecular complexity index is 935. The molecule has 1 aromatic carbocycles. The van der Waals surface area contributed by atoms with Crippen molar-refractivity contribution in [1.82, 2.24) is 9.88 Å². The number of halogens is 1. The van der Waals surface area contributed by atoms with Crippen molar-refractivity contribution >= 4 is 29.1 Å². The van der Waals surface area contributed by atoms with Crippen molar-refractivity contribution in [3.05, 3.63) is 62.5 Å². The van der Waals surface area contributed by atoms with E-state index in [4.69, 9.17) is 11.6 Å². The number of hydrogen-bond donors (Lipinski definition) is 2. The van der Waals surface area contributed by atoms with Gasteiger partial charge in [-0.2, -0.15) is 0 Å². The van der Waals surface area contributed by atoms with Gasteiger partial charge in [0.15, 0.2) is 0 Å². The molecule has 0 aliphatic carbocycles. The molecule has 0 fully saturated rings. The number of benzene rings is 1. The molecule has 0 saturated carbocycles. The standard InChI is InChI=1S/C21H26ClN3O3/c1-5-23-19(26)16-7-6-15(12-17(16)22)24-20(27)18-14(4)9-11-25(21(18)28)10-8-13(2)3/h6-7,9,11-13H,5,8,10H2,1-4H3,(H,23,26)(H,24,27). The molecule has 6 nitrogen and oxygen atoms in total. The highest BCUT2D eigenvalue weighted by molar-refractivity contribution is 6.34. The number of aryl methyl sites for hydroxylation is 2. The molecule has 0 aliphatic rings. The zero-order valence-electron chi connectivity index (χ0n) is 16.6. The fraction of sp³-hybridized carbons (Fsp3) is 0.381. The molecule has 0 aliphatic heterocycles. The number of anilines is 1. The fourth-order valence-corrected chi connectivity index (χ4v) is 3.01. The van der Waals surface area contributed by atoms with E-state index in [0.29, 0.717) is 35.8 Å². The molecule has 28 heavy (non-hydrogen) atoms. The van der Waals surface area contributed by atoms with Crippen LogP contribution < -0.4 is 16.2 Å². The number of carbonyl (C=O) groups is 2. The number of nitrogens with zero attached hydrogens (tertiary/aromatic N) is 1. The van der Waals surface area contributed by atoms with Crippen molar-refractivity contribution in [2.24, 2.45) is 5.92 Å². The Morgan fingerprint density at radius 3 is 2.50 bits per heavy atom. The van der Waals surface area contributed by atoms with E-state index in [2.05, 4.69) is 24.5 Å². The average molecular weight is 404 g/mol. The zero-order valence-corrected chi connectivity index (χ0v) is 17.4. The lowest BCUT2D eigenvalue weighted by Gasteiger charge is -2.13. The monoisotopic (exact) mass is 403 g/mol. The molecular weight excluding hydrogens is 378 g/mol. The Morgan fingerprint density at radius 2 is 1.89 bits per heavy atom. The number of nitrogens with one attached hydrogen (secondary N) is 2. The van der Waals surface area contributed by atoms with Crippen LogP contribution in [0.25, 0.3) is 0 Å². The molecule has 2 N–H and O–H groups in total. The van der Waals surface area contributed by atoms with E-state index in [9.17, 15) is 14.4 Å². The lowest BCUT2D eigenvalue weighted by Crippen LogP contribution is -2.30. The summed E-state index contributed by atoms with van der Waals surface area (Å²) in [5, 5.41) is 5.60. The molecule has 2 aromatic rings. The van der Waals surface area contributed by atoms with Gasteiger partial charge in [-0.05, 0) is 56.0 Å². The predicted molar refractivity (Wildman–Crippen MR) is 112 cm³/mol. The van der Waals surface area contributed by atoms with Crippen molar-refractivity contribution < 1.29 is 9.59 Å². The van der Waals surface area contributed by atoms with Gasteiger partial charge in [-0.3, -0.25) is 14.4 Å². The number of aromatic nitrogens is 1. The van der Waals surface area contributed by atoms with Crippen molar-refractivity contribution in [2.45, 2.75) is 40.7 Å².